The summed E-state index contributed by atoms with van der Waals surface area (Å²) in [5, 5.41) is 13.3. The van der Waals surface area contributed by atoms with Crippen molar-refractivity contribution in [2.75, 3.05) is 29.9 Å². The Kier molecular flexibility index (Phi) is 3.35. The molecule has 0 radical (unpaired) electrons. The first-order valence-electron chi connectivity index (χ1n) is 9.11. The van der Waals surface area contributed by atoms with E-state index in [0.717, 1.165) is 47.7 Å². The lowest BCUT2D eigenvalue weighted by atomic mass is 10.1. The molecule has 26 heavy (non-hydrogen) atoms. The van der Waals surface area contributed by atoms with E-state index in [0.29, 0.717) is 12.0 Å². The summed E-state index contributed by atoms with van der Waals surface area (Å²) in [5.74, 6) is 3.31. The van der Waals surface area contributed by atoms with Gasteiger partial charge < -0.3 is 9.80 Å². The van der Waals surface area contributed by atoms with Crippen molar-refractivity contribution in [1.29, 1.82) is 0 Å². The zero-order chi connectivity index (χ0) is 17.8. The molecule has 1 saturated heterocycles. The fourth-order valence-electron chi connectivity index (χ4n) is 3.48. The predicted octanol–water partition coefficient (Wildman–Crippen LogP) is 1.73. The first-order valence-corrected chi connectivity index (χ1v) is 9.11. The Bertz CT molecular complexity index is 950. The van der Waals surface area contributed by atoms with Gasteiger partial charge in [-0.1, -0.05) is 0 Å². The van der Waals surface area contributed by atoms with Gasteiger partial charge in [0.1, 0.15) is 5.82 Å². The summed E-state index contributed by atoms with van der Waals surface area (Å²) in [6.07, 6.45) is 2.39. The average Bonchev–Trinajstić information content (AvgIpc) is 3.32. The Morgan fingerprint density at radius 3 is 2.46 bits per heavy atom. The molecule has 3 aromatic heterocycles. The fraction of sp³-hybridized carbons (Fsp3) is 0.500. The summed E-state index contributed by atoms with van der Waals surface area (Å²) >= 11 is 0. The maximum absolute atomic E-state index is 4.78. The highest BCUT2D eigenvalue weighted by atomic mass is 15.4. The molecule has 0 bridgehead atoms. The molecule has 2 fully saturated rings. The smallest absolute Gasteiger partial charge is 0.225 e. The Labute approximate surface area is 151 Å². The summed E-state index contributed by atoms with van der Waals surface area (Å²) in [6.45, 7) is 5.84. The van der Waals surface area contributed by atoms with Crippen molar-refractivity contribution >= 4 is 17.4 Å². The molecule has 5 rings (SSSR count). The molecule has 0 atom stereocenters. The highest BCUT2D eigenvalue weighted by Gasteiger charge is 2.33. The molecule has 0 aromatic carbocycles. The number of likely N-dealkylation sites (N-methyl/N-ethyl adjacent to an activating group) is 1. The number of aryl methyl sites for hydroxylation is 2. The molecule has 2 aliphatic rings. The number of nitrogens with zero attached hydrogens (tertiary/aromatic N) is 8. The van der Waals surface area contributed by atoms with Crippen molar-refractivity contribution in [2.24, 2.45) is 0 Å². The van der Waals surface area contributed by atoms with Gasteiger partial charge in [-0.05, 0) is 44.9 Å². The Morgan fingerprint density at radius 1 is 1.04 bits per heavy atom. The zero-order valence-electron chi connectivity index (χ0n) is 15.3. The molecule has 8 nitrogen and oxygen atoms in total. The number of hydrogen-bond acceptors (Lipinski definition) is 7. The van der Waals surface area contributed by atoms with Crippen LogP contribution in [0.4, 0.5) is 11.8 Å². The van der Waals surface area contributed by atoms with E-state index in [1.54, 1.807) is 0 Å². The van der Waals surface area contributed by atoms with Crippen molar-refractivity contribution in [3.05, 3.63) is 35.4 Å². The molecular weight excluding hydrogens is 328 g/mol. The third kappa shape index (κ3) is 2.56. The number of anilines is 2. The largest absolute Gasteiger partial charge is 0.351 e. The van der Waals surface area contributed by atoms with Gasteiger partial charge in [-0.15, -0.1) is 15.3 Å². The van der Waals surface area contributed by atoms with Crippen LogP contribution < -0.4 is 9.80 Å². The van der Waals surface area contributed by atoms with Crippen molar-refractivity contribution in [3.8, 4) is 0 Å². The molecule has 1 saturated carbocycles. The minimum absolute atomic E-state index is 0.387. The first kappa shape index (κ1) is 15.5. The number of hydrogen-bond donors (Lipinski definition) is 0. The minimum Gasteiger partial charge on any atom is -0.351 e. The number of aromatic nitrogens is 6. The van der Waals surface area contributed by atoms with Crippen LogP contribution in [-0.4, -0.2) is 56.0 Å². The Hall–Kier alpha value is -2.77. The number of rotatable bonds is 4. The lowest BCUT2D eigenvalue weighted by Gasteiger charge is -2.44. The van der Waals surface area contributed by atoms with Crippen LogP contribution in [0.15, 0.2) is 18.2 Å². The second-order valence-corrected chi connectivity index (χ2v) is 7.41. The van der Waals surface area contributed by atoms with Gasteiger partial charge in [0.05, 0.1) is 6.04 Å². The molecule has 4 heterocycles. The van der Waals surface area contributed by atoms with Gasteiger partial charge in [0, 0.05) is 37.4 Å². The highest BCUT2D eigenvalue weighted by Crippen LogP contribution is 2.38. The van der Waals surface area contributed by atoms with E-state index >= 15 is 0 Å². The standard InChI is InChI=1S/C18H22N8/c1-11-8-12(2)20-18(19-11)24(3)14-9-25(10-14)16-7-6-15-21-22-17(13-4-5-13)26(15)23-16/h6-8,13-14H,4-5,9-10H2,1-3H3. The second-order valence-electron chi connectivity index (χ2n) is 7.41. The van der Waals surface area contributed by atoms with Gasteiger partial charge in [0.25, 0.3) is 0 Å². The maximum Gasteiger partial charge on any atom is 0.225 e. The van der Waals surface area contributed by atoms with Crippen LogP contribution in [0, 0.1) is 13.8 Å². The van der Waals surface area contributed by atoms with Crippen LogP contribution in [0.2, 0.25) is 0 Å². The van der Waals surface area contributed by atoms with Crippen LogP contribution in [0.25, 0.3) is 5.65 Å². The van der Waals surface area contributed by atoms with E-state index < -0.39 is 0 Å². The predicted molar refractivity (Wildman–Crippen MR) is 98.7 cm³/mol. The van der Waals surface area contributed by atoms with Crippen molar-refractivity contribution in [1.82, 2.24) is 29.8 Å². The van der Waals surface area contributed by atoms with Crippen LogP contribution in [-0.2, 0) is 0 Å². The minimum atomic E-state index is 0.387. The molecule has 3 aromatic rings. The molecule has 0 unspecified atom stereocenters. The van der Waals surface area contributed by atoms with Gasteiger partial charge in [-0.25, -0.2) is 9.97 Å². The third-order valence-electron chi connectivity index (χ3n) is 5.24. The quantitative estimate of drug-likeness (QED) is 0.709. The van der Waals surface area contributed by atoms with Gasteiger partial charge in [0.15, 0.2) is 11.5 Å². The topological polar surface area (TPSA) is 75.3 Å². The van der Waals surface area contributed by atoms with Crippen molar-refractivity contribution in [2.45, 2.75) is 38.6 Å². The summed E-state index contributed by atoms with van der Waals surface area (Å²) in [5.41, 5.74) is 2.83. The summed E-state index contributed by atoms with van der Waals surface area (Å²) in [6, 6.07) is 6.42. The maximum atomic E-state index is 4.78. The normalized spacial score (nSPS) is 17.6. The van der Waals surface area contributed by atoms with Gasteiger partial charge in [0.2, 0.25) is 5.95 Å². The average molecular weight is 350 g/mol. The van der Waals surface area contributed by atoms with E-state index in [1.807, 2.05) is 36.6 Å². The SMILES string of the molecule is Cc1cc(C)nc(N(C)C2CN(c3ccc4nnc(C5CC5)n4n3)C2)n1. The lowest BCUT2D eigenvalue weighted by molar-refractivity contribution is 0.483. The van der Waals surface area contributed by atoms with E-state index in [9.17, 15) is 0 Å². The van der Waals surface area contributed by atoms with E-state index in [1.165, 1.54) is 12.8 Å². The third-order valence-corrected chi connectivity index (χ3v) is 5.24. The van der Waals surface area contributed by atoms with Crippen LogP contribution in [0.5, 0.6) is 0 Å². The first-order chi connectivity index (χ1) is 12.6. The molecule has 0 spiro atoms. The van der Waals surface area contributed by atoms with E-state index in [-0.39, 0.29) is 0 Å². The zero-order valence-corrected chi connectivity index (χ0v) is 15.3. The van der Waals surface area contributed by atoms with Crippen LogP contribution >= 0.6 is 0 Å². The molecule has 1 aliphatic carbocycles. The number of fused-ring (bicyclic) bond motifs is 1. The molecular formula is C18H22N8. The van der Waals surface area contributed by atoms with Crippen molar-refractivity contribution < 1.29 is 0 Å². The Morgan fingerprint density at radius 2 is 1.77 bits per heavy atom. The van der Waals surface area contributed by atoms with Gasteiger partial charge in [-0.3, -0.25) is 0 Å². The molecule has 0 N–H and O–H groups in total. The summed E-state index contributed by atoms with van der Waals surface area (Å²) < 4.78 is 1.91. The van der Waals surface area contributed by atoms with Gasteiger partial charge >= 0.3 is 0 Å². The fourth-order valence-corrected chi connectivity index (χ4v) is 3.48. The Balaban J connectivity index is 1.33. The van der Waals surface area contributed by atoms with E-state index in [4.69, 9.17) is 5.10 Å². The monoisotopic (exact) mass is 350 g/mol. The summed E-state index contributed by atoms with van der Waals surface area (Å²) in [4.78, 5) is 13.6. The van der Waals surface area contributed by atoms with Crippen molar-refractivity contribution in [3.63, 3.8) is 0 Å². The molecule has 1 aliphatic heterocycles. The summed E-state index contributed by atoms with van der Waals surface area (Å²) in [7, 11) is 2.07. The van der Waals surface area contributed by atoms with Crippen LogP contribution in [0.3, 0.4) is 0 Å². The van der Waals surface area contributed by atoms with Gasteiger partial charge in [-0.2, -0.15) is 4.52 Å². The second kappa shape index (κ2) is 5.62. The molecule has 8 heteroatoms. The molecule has 134 valence electrons. The molecule has 0 amide bonds. The van der Waals surface area contributed by atoms with Crippen LogP contribution in [0.1, 0.15) is 36.0 Å². The van der Waals surface area contributed by atoms with E-state index in [2.05, 4.69) is 37.0 Å². The highest BCUT2D eigenvalue weighted by molar-refractivity contribution is 5.50. The lowest BCUT2D eigenvalue weighted by Crippen LogP contribution is -2.59.